The van der Waals surface area contributed by atoms with Crippen LogP contribution in [-0.2, 0) is 7.05 Å². The van der Waals surface area contributed by atoms with E-state index in [-0.39, 0.29) is 11.8 Å². The Labute approximate surface area is 152 Å². The first-order valence-corrected chi connectivity index (χ1v) is 8.65. The molecule has 1 N–H and O–H groups in total. The summed E-state index contributed by atoms with van der Waals surface area (Å²) < 4.78 is 1.93. The number of carbonyl (C=O) groups is 1. The Morgan fingerprint density at radius 3 is 2.72 bits per heavy atom. The van der Waals surface area contributed by atoms with Gasteiger partial charge in [-0.15, -0.1) is 0 Å². The van der Waals surface area contributed by atoms with Gasteiger partial charge in [-0.05, 0) is 37.6 Å². The van der Waals surface area contributed by atoms with E-state index in [2.05, 4.69) is 17.2 Å². The molecule has 0 aliphatic rings. The third-order valence-electron chi connectivity index (χ3n) is 4.86. The number of hydrogen-bond donors (Lipinski definition) is 1. The van der Waals surface area contributed by atoms with Crippen molar-refractivity contribution < 1.29 is 4.79 Å². The van der Waals surface area contributed by atoms with Gasteiger partial charge in [0.1, 0.15) is 5.65 Å². The van der Waals surface area contributed by atoms with Crippen molar-refractivity contribution in [1.82, 2.24) is 14.9 Å². The van der Waals surface area contributed by atoms with Crippen LogP contribution >= 0.6 is 11.6 Å². The molecule has 25 heavy (non-hydrogen) atoms. The van der Waals surface area contributed by atoms with E-state index in [1.807, 2.05) is 68.1 Å². The molecule has 1 unspecified atom stereocenters. The Morgan fingerprint density at radius 2 is 2.00 bits per heavy atom. The first kappa shape index (κ1) is 17.5. The van der Waals surface area contributed by atoms with Crippen LogP contribution in [0.4, 0.5) is 0 Å². The summed E-state index contributed by atoms with van der Waals surface area (Å²) in [4.78, 5) is 17.1. The third-order valence-corrected chi connectivity index (χ3v) is 5.20. The molecule has 0 saturated heterocycles. The number of carbonyl (C=O) groups excluding carboxylic acids is 1. The molecule has 0 aliphatic carbocycles. The van der Waals surface area contributed by atoms with Gasteiger partial charge in [0.05, 0.1) is 5.56 Å². The van der Waals surface area contributed by atoms with Crippen LogP contribution < -0.4 is 5.32 Å². The molecule has 2 heterocycles. The van der Waals surface area contributed by atoms with E-state index in [0.717, 1.165) is 16.6 Å². The second kappa shape index (κ2) is 6.52. The number of amides is 1. The maximum absolute atomic E-state index is 12.7. The fourth-order valence-electron chi connectivity index (χ4n) is 2.97. The van der Waals surface area contributed by atoms with Crippen LogP contribution in [0.15, 0.2) is 48.8 Å². The molecule has 0 bridgehead atoms. The molecule has 0 aliphatic heterocycles. The number of rotatable bonds is 4. The van der Waals surface area contributed by atoms with E-state index in [1.165, 1.54) is 0 Å². The highest BCUT2D eigenvalue weighted by Gasteiger charge is 2.30. The summed E-state index contributed by atoms with van der Waals surface area (Å²) in [5.74, 6) is -0.0827. The molecule has 3 aromatic rings. The monoisotopic (exact) mass is 355 g/mol. The molecule has 1 atom stereocenters. The second-order valence-corrected chi connectivity index (χ2v) is 7.39. The van der Waals surface area contributed by atoms with Crippen LogP contribution in [-0.4, -0.2) is 21.0 Å². The van der Waals surface area contributed by atoms with Crippen LogP contribution in [0.25, 0.3) is 11.0 Å². The summed E-state index contributed by atoms with van der Waals surface area (Å²) in [5, 5.41) is 4.79. The Balaban J connectivity index is 1.83. The molecule has 0 spiro atoms. The van der Waals surface area contributed by atoms with Crippen molar-refractivity contribution in [2.24, 2.45) is 7.05 Å². The molecule has 130 valence electrons. The third kappa shape index (κ3) is 3.40. The number of nitrogens with one attached hydrogen (secondary N) is 1. The number of benzene rings is 1. The van der Waals surface area contributed by atoms with E-state index in [1.54, 1.807) is 6.20 Å². The van der Waals surface area contributed by atoms with Gasteiger partial charge < -0.3 is 9.88 Å². The van der Waals surface area contributed by atoms with Crippen LogP contribution in [0.3, 0.4) is 0 Å². The molecular weight excluding hydrogens is 334 g/mol. The van der Waals surface area contributed by atoms with Gasteiger partial charge in [-0.3, -0.25) is 4.79 Å². The quantitative estimate of drug-likeness (QED) is 0.746. The average molecular weight is 356 g/mol. The zero-order valence-corrected chi connectivity index (χ0v) is 15.6. The number of aromatic nitrogens is 2. The summed E-state index contributed by atoms with van der Waals surface area (Å²) in [5.41, 5.74) is 1.97. The lowest BCUT2D eigenvalue weighted by atomic mass is 9.83. The van der Waals surface area contributed by atoms with Gasteiger partial charge in [0.2, 0.25) is 0 Å². The van der Waals surface area contributed by atoms with Gasteiger partial charge in [-0.2, -0.15) is 0 Å². The Kier molecular flexibility index (Phi) is 4.56. The molecule has 1 amide bonds. The maximum Gasteiger partial charge on any atom is 0.253 e. The van der Waals surface area contributed by atoms with E-state index in [4.69, 9.17) is 11.6 Å². The summed E-state index contributed by atoms with van der Waals surface area (Å²) in [6.45, 7) is 6.08. The topological polar surface area (TPSA) is 46.9 Å². The Morgan fingerprint density at radius 1 is 1.28 bits per heavy atom. The minimum Gasteiger partial charge on any atom is -0.347 e. The highest BCUT2D eigenvalue weighted by Crippen LogP contribution is 2.32. The van der Waals surface area contributed by atoms with Crippen LogP contribution in [0.5, 0.6) is 0 Å². The van der Waals surface area contributed by atoms with E-state index < -0.39 is 5.54 Å². The predicted octanol–water partition coefficient (Wildman–Crippen LogP) is 4.54. The van der Waals surface area contributed by atoms with Gasteiger partial charge in [0.15, 0.2) is 0 Å². The first-order valence-electron chi connectivity index (χ1n) is 8.27. The number of halogens is 1. The lowest BCUT2D eigenvalue weighted by Gasteiger charge is -2.33. The van der Waals surface area contributed by atoms with Crippen LogP contribution in [0, 0.1) is 0 Å². The summed E-state index contributed by atoms with van der Waals surface area (Å²) in [6.07, 6.45) is 3.55. The summed E-state index contributed by atoms with van der Waals surface area (Å²) in [7, 11) is 1.93. The minimum absolute atomic E-state index is 0.0542. The minimum atomic E-state index is -0.465. The highest BCUT2D eigenvalue weighted by molar-refractivity contribution is 6.31. The lowest BCUT2D eigenvalue weighted by Crippen LogP contribution is -2.47. The zero-order valence-electron chi connectivity index (χ0n) is 14.9. The van der Waals surface area contributed by atoms with Crippen LogP contribution in [0.1, 0.15) is 42.6 Å². The molecule has 1 aromatic carbocycles. The predicted molar refractivity (Wildman–Crippen MR) is 102 cm³/mol. The van der Waals surface area contributed by atoms with Gasteiger partial charge in [-0.1, -0.05) is 36.7 Å². The van der Waals surface area contributed by atoms with Crippen molar-refractivity contribution in [3.63, 3.8) is 0 Å². The fourth-order valence-corrected chi connectivity index (χ4v) is 3.27. The molecule has 4 nitrogen and oxygen atoms in total. The van der Waals surface area contributed by atoms with Gasteiger partial charge >= 0.3 is 0 Å². The zero-order chi connectivity index (χ0) is 18.2. The standard InChI is InChI=1S/C20H22ClN3O/c1-13(16-7-5-6-8-17(16)21)20(2,3)23-19(25)15-11-14-9-10-24(4)18(14)22-12-15/h5-13H,1-4H3,(H,23,25). The maximum atomic E-state index is 12.7. The van der Waals surface area contributed by atoms with Crippen molar-refractivity contribution in [1.29, 1.82) is 0 Å². The highest BCUT2D eigenvalue weighted by atomic mass is 35.5. The fraction of sp³-hybridized carbons (Fsp3) is 0.300. The summed E-state index contributed by atoms with van der Waals surface area (Å²) in [6, 6.07) is 11.6. The molecular formula is C20H22ClN3O. The lowest BCUT2D eigenvalue weighted by molar-refractivity contribution is 0.0902. The van der Waals surface area contributed by atoms with E-state index >= 15 is 0 Å². The smallest absolute Gasteiger partial charge is 0.253 e. The van der Waals surface area contributed by atoms with Gasteiger partial charge in [0.25, 0.3) is 5.91 Å². The molecule has 2 aromatic heterocycles. The van der Waals surface area contributed by atoms with Crippen molar-refractivity contribution in [2.45, 2.75) is 32.2 Å². The first-order chi connectivity index (χ1) is 11.8. The Hall–Kier alpha value is -2.33. The molecule has 0 fully saturated rings. The number of fused-ring (bicyclic) bond motifs is 1. The average Bonchev–Trinajstić information content (AvgIpc) is 2.95. The van der Waals surface area contributed by atoms with Gasteiger partial charge in [0, 0.05) is 41.3 Å². The van der Waals surface area contributed by atoms with E-state index in [9.17, 15) is 4.79 Å². The second-order valence-electron chi connectivity index (χ2n) is 6.98. The number of pyridine rings is 1. The largest absolute Gasteiger partial charge is 0.347 e. The molecule has 5 heteroatoms. The summed E-state index contributed by atoms with van der Waals surface area (Å²) >= 11 is 6.32. The van der Waals surface area contributed by atoms with Crippen molar-refractivity contribution in [3.8, 4) is 0 Å². The van der Waals surface area contributed by atoms with Crippen molar-refractivity contribution in [2.75, 3.05) is 0 Å². The number of hydrogen-bond acceptors (Lipinski definition) is 2. The Bertz CT molecular complexity index is 930. The normalized spacial score (nSPS) is 13.0. The van der Waals surface area contributed by atoms with Gasteiger partial charge in [-0.25, -0.2) is 4.98 Å². The van der Waals surface area contributed by atoms with E-state index in [0.29, 0.717) is 10.6 Å². The molecule has 3 rings (SSSR count). The van der Waals surface area contributed by atoms with Crippen molar-refractivity contribution in [3.05, 3.63) is 64.9 Å². The SMILES string of the molecule is CC(c1ccccc1Cl)C(C)(C)NC(=O)c1cnc2c(ccn2C)c1. The molecule has 0 saturated carbocycles. The molecule has 0 radical (unpaired) electrons. The number of aryl methyl sites for hydroxylation is 1. The number of nitrogens with zero attached hydrogens (tertiary/aromatic N) is 2. The van der Waals surface area contributed by atoms with Crippen molar-refractivity contribution >= 4 is 28.5 Å². The van der Waals surface area contributed by atoms with Crippen LogP contribution in [0.2, 0.25) is 5.02 Å².